The van der Waals surface area contributed by atoms with Crippen LogP contribution in [0.2, 0.25) is 0 Å². The number of carbonyl (C=O) groups excluding carboxylic acids is 2. The summed E-state index contributed by atoms with van der Waals surface area (Å²) in [5, 5.41) is 0. The number of piperidine rings is 1. The molecule has 0 unspecified atom stereocenters. The normalized spacial score (nSPS) is 20.9. The molecule has 1 spiro atoms. The van der Waals surface area contributed by atoms with Gasteiger partial charge < -0.3 is 19.3 Å². The molecule has 2 aromatic rings. The van der Waals surface area contributed by atoms with E-state index in [0.29, 0.717) is 43.4 Å². The fourth-order valence-electron chi connectivity index (χ4n) is 4.13. The molecular formula is C22H26N4O4. The highest BCUT2D eigenvalue weighted by atomic mass is 16.5. The van der Waals surface area contributed by atoms with Crippen LogP contribution in [-0.2, 0) is 11.3 Å². The summed E-state index contributed by atoms with van der Waals surface area (Å²) < 4.78 is 11.9. The lowest BCUT2D eigenvalue weighted by atomic mass is 9.91. The monoisotopic (exact) mass is 410 g/mol. The topological polar surface area (TPSA) is 84.9 Å². The first-order valence-electron chi connectivity index (χ1n) is 10.1. The molecule has 0 aliphatic carbocycles. The largest absolute Gasteiger partial charge is 0.497 e. The second kappa shape index (κ2) is 7.93. The molecule has 2 amide bonds. The Morgan fingerprint density at radius 1 is 1.17 bits per heavy atom. The highest BCUT2D eigenvalue weighted by molar-refractivity contribution is 5.92. The molecule has 8 heteroatoms. The third-order valence-electron chi connectivity index (χ3n) is 5.71. The standard InChI is InChI=1S/C22H26N4O4/c1-15-10-24-19(11-23-15)21(28)25-8-4-7-22(13-25)14-26(16(2)27)12-17-5-6-18(29-3)9-20(17)30-22/h5-6,9-11H,4,7-8,12-14H2,1-3H3/t22-/m0/s1. The second-order valence-corrected chi connectivity index (χ2v) is 8.01. The molecule has 0 saturated carbocycles. The molecular weight excluding hydrogens is 384 g/mol. The highest BCUT2D eigenvalue weighted by Crippen LogP contribution is 2.37. The number of nitrogens with zero attached hydrogens (tertiary/aromatic N) is 4. The molecule has 1 aromatic heterocycles. The molecule has 1 aromatic carbocycles. The van der Waals surface area contributed by atoms with Gasteiger partial charge in [-0.2, -0.15) is 0 Å². The maximum absolute atomic E-state index is 13.1. The van der Waals surface area contributed by atoms with Crippen LogP contribution in [0, 0.1) is 6.92 Å². The SMILES string of the molecule is COc1ccc2c(c1)O[C@]1(CCCN(C(=O)c3cnc(C)cn3)C1)CN(C(C)=O)C2. The predicted octanol–water partition coefficient (Wildman–Crippen LogP) is 2.21. The molecule has 0 bridgehead atoms. The number of benzene rings is 1. The Hall–Kier alpha value is -3.16. The van der Waals surface area contributed by atoms with Gasteiger partial charge >= 0.3 is 0 Å². The van der Waals surface area contributed by atoms with E-state index in [9.17, 15) is 9.59 Å². The number of aryl methyl sites for hydroxylation is 1. The van der Waals surface area contributed by atoms with Gasteiger partial charge in [-0.1, -0.05) is 0 Å². The number of ether oxygens (including phenoxy) is 2. The van der Waals surface area contributed by atoms with E-state index in [2.05, 4.69) is 9.97 Å². The maximum Gasteiger partial charge on any atom is 0.274 e. The summed E-state index contributed by atoms with van der Waals surface area (Å²) in [6, 6.07) is 5.65. The van der Waals surface area contributed by atoms with Gasteiger partial charge in [-0.3, -0.25) is 14.6 Å². The van der Waals surface area contributed by atoms with E-state index in [1.807, 2.05) is 25.1 Å². The lowest BCUT2D eigenvalue weighted by molar-refractivity contribution is -0.132. The lowest BCUT2D eigenvalue weighted by Gasteiger charge is -2.43. The minimum Gasteiger partial charge on any atom is -0.497 e. The van der Waals surface area contributed by atoms with E-state index < -0.39 is 5.60 Å². The van der Waals surface area contributed by atoms with Crippen LogP contribution >= 0.6 is 0 Å². The van der Waals surface area contributed by atoms with Gasteiger partial charge in [0.15, 0.2) is 0 Å². The first-order valence-corrected chi connectivity index (χ1v) is 10.1. The van der Waals surface area contributed by atoms with Crippen LogP contribution in [0.5, 0.6) is 11.5 Å². The van der Waals surface area contributed by atoms with Crippen LogP contribution < -0.4 is 9.47 Å². The number of likely N-dealkylation sites (tertiary alicyclic amines) is 1. The average Bonchev–Trinajstić information content (AvgIpc) is 2.89. The Kier molecular flexibility index (Phi) is 5.32. The van der Waals surface area contributed by atoms with Gasteiger partial charge in [0.2, 0.25) is 5.91 Å². The molecule has 8 nitrogen and oxygen atoms in total. The molecule has 2 aliphatic heterocycles. The average molecular weight is 410 g/mol. The third-order valence-corrected chi connectivity index (χ3v) is 5.71. The van der Waals surface area contributed by atoms with Crippen molar-refractivity contribution in [1.82, 2.24) is 19.8 Å². The van der Waals surface area contributed by atoms with Crippen molar-refractivity contribution in [3.8, 4) is 11.5 Å². The zero-order chi connectivity index (χ0) is 21.3. The lowest BCUT2D eigenvalue weighted by Crippen LogP contribution is -2.58. The Labute approximate surface area is 175 Å². The smallest absolute Gasteiger partial charge is 0.274 e. The van der Waals surface area contributed by atoms with Gasteiger partial charge in [0.05, 0.1) is 32.1 Å². The van der Waals surface area contributed by atoms with Crippen LogP contribution in [0.4, 0.5) is 0 Å². The van der Waals surface area contributed by atoms with Crippen molar-refractivity contribution in [1.29, 1.82) is 0 Å². The molecule has 2 aliphatic rings. The number of fused-ring (bicyclic) bond motifs is 1. The zero-order valence-corrected chi connectivity index (χ0v) is 17.6. The third kappa shape index (κ3) is 3.94. The van der Waals surface area contributed by atoms with Gasteiger partial charge in [-0.15, -0.1) is 0 Å². The Bertz CT molecular complexity index is 962. The van der Waals surface area contributed by atoms with Crippen molar-refractivity contribution in [2.24, 2.45) is 0 Å². The van der Waals surface area contributed by atoms with Crippen molar-refractivity contribution in [3.05, 3.63) is 47.5 Å². The van der Waals surface area contributed by atoms with Crippen molar-refractivity contribution in [3.63, 3.8) is 0 Å². The van der Waals surface area contributed by atoms with Crippen LogP contribution in [-0.4, -0.2) is 63.9 Å². The van der Waals surface area contributed by atoms with Crippen molar-refractivity contribution in [2.75, 3.05) is 26.7 Å². The molecule has 0 N–H and O–H groups in total. The van der Waals surface area contributed by atoms with E-state index in [-0.39, 0.29) is 11.8 Å². The number of amides is 2. The quantitative estimate of drug-likeness (QED) is 0.755. The minimum absolute atomic E-state index is 0.0190. The molecule has 4 rings (SSSR count). The molecule has 1 atom stereocenters. The molecule has 1 saturated heterocycles. The Morgan fingerprint density at radius 2 is 1.97 bits per heavy atom. The fourth-order valence-corrected chi connectivity index (χ4v) is 4.13. The highest BCUT2D eigenvalue weighted by Gasteiger charge is 2.43. The summed E-state index contributed by atoms with van der Waals surface area (Å²) in [6.07, 6.45) is 4.62. The van der Waals surface area contributed by atoms with Crippen molar-refractivity contribution >= 4 is 11.8 Å². The van der Waals surface area contributed by atoms with Gasteiger partial charge in [0, 0.05) is 37.8 Å². The Morgan fingerprint density at radius 3 is 2.67 bits per heavy atom. The first kappa shape index (κ1) is 20.1. The van der Waals surface area contributed by atoms with Crippen LogP contribution in [0.3, 0.4) is 0 Å². The maximum atomic E-state index is 13.1. The second-order valence-electron chi connectivity index (χ2n) is 8.01. The predicted molar refractivity (Wildman–Crippen MR) is 109 cm³/mol. The number of methoxy groups -OCH3 is 1. The van der Waals surface area contributed by atoms with E-state index in [1.54, 1.807) is 30.0 Å². The zero-order valence-electron chi connectivity index (χ0n) is 17.6. The fraction of sp³-hybridized carbons (Fsp3) is 0.455. The van der Waals surface area contributed by atoms with E-state index >= 15 is 0 Å². The van der Waals surface area contributed by atoms with E-state index in [0.717, 1.165) is 24.1 Å². The summed E-state index contributed by atoms with van der Waals surface area (Å²) >= 11 is 0. The summed E-state index contributed by atoms with van der Waals surface area (Å²) in [6.45, 7) is 5.28. The molecule has 0 radical (unpaired) electrons. The number of hydrogen-bond donors (Lipinski definition) is 0. The summed E-state index contributed by atoms with van der Waals surface area (Å²) in [4.78, 5) is 37.3. The molecule has 1 fully saturated rings. The number of rotatable bonds is 2. The van der Waals surface area contributed by atoms with E-state index in [1.165, 1.54) is 6.20 Å². The van der Waals surface area contributed by atoms with Gasteiger partial charge in [0.1, 0.15) is 22.8 Å². The minimum atomic E-state index is -0.685. The summed E-state index contributed by atoms with van der Waals surface area (Å²) in [7, 11) is 1.61. The molecule has 30 heavy (non-hydrogen) atoms. The van der Waals surface area contributed by atoms with Gasteiger partial charge in [-0.25, -0.2) is 4.98 Å². The number of aromatic nitrogens is 2. The van der Waals surface area contributed by atoms with Crippen LogP contribution in [0.25, 0.3) is 0 Å². The van der Waals surface area contributed by atoms with Crippen molar-refractivity contribution < 1.29 is 19.1 Å². The number of carbonyl (C=O) groups is 2. The van der Waals surface area contributed by atoms with E-state index in [4.69, 9.17) is 9.47 Å². The van der Waals surface area contributed by atoms with Crippen LogP contribution in [0.15, 0.2) is 30.6 Å². The van der Waals surface area contributed by atoms with Gasteiger partial charge in [0.25, 0.3) is 5.91 Å². The Balaban J connectivity index is 1.65. The van der Waals surface area contributed by atoms with Crippen molar-refractivity contribution in [2.45, 2.75) is 38.8 Å². The molecule has 158 valence electrons. The molecule has 3 heterocycles. The first-order chi connectivity index (χ1) is 14.4. The van der Waals surface area contributed by atoms with Crippen LogP contribution in [0.1, 0.15) is 41.5 Å². The number of hydrogen-bond acceptors (Lipinski definition) is 6. The summed E-state index contributed by atoms with van der Waals surface area (Å²) in [5.74, 6) is 1.20. The van der Waals surface area contributed by atoms with Gasteiger partial charge in [-0.05, 0) is 31.9 Å². The summed E-state index contributed by atoms with van der Waals surface area (Å²) in [5.41, 5.74) is 1.32.